The molecule has 3 nitrogen and oxygen atoms in total. The van der Waals surface area contributed by atoms with Gasteiger partial charge in [0.05, 0.1) is 11.3 Å². The van der Waals surface area contributed by atoms with Crippen molar-refractivity contribution in [1.29, 1.82) is 0 Å². The summed E-state index contributed by atoms with van der Waals surface area (Å²) in [6.45, 7) is 1.49. The van der Waals surface area contributed by atoms with Crippen LogP contribution in [0.5, 0.6) is 0 Å². The molecule has 2 aromatic rings. The van der Waals surface area contributed by atoms with E-state index in [2.05, 4.69) is 5.32 Å². The summed E-state index contributed by atoms with van der Waals surface area (Å²) >= 11 is 0. The van der Waals surface area contributed by atoms with Gasteiger partial charge in [0.2, 0.25) is 0 Å². The third-order valence-corrected chi connectivity index (χ3v) is 2.80. The first-order chi connectivity index (χ1) is 9.41. The molecule has 0 heterocycles. The van der Waals surface area contributed by atoms with Crippen molar-refractivity contribution in [2.45, 2.75) is 6.92 Å². The van der Waals surface area contributed by atoms with E-state index in [1.807, 2.05) is 0 Å². The van der Waals surface area contributed by atoms with E-state index in [9.17, 15) is 18.0 Å². The topological polar surface area (TPSA) is 55.1 Å². The number of carbonyl (C=O) groups is 1. The lowest BCUT2D eigenvalue weighted by Crippen LogP contribution is -2.17. The number of carbonyl (C=O) groups excluding carboxylic acids is 1. The molecular weight excluding hydrogens is 269 g/mol. The molecule has 0 atom stereocenters. The quantitative estimate of drug-likeness (QED) is 0.830. The zero-order valence-corrected chi connectivity index (χ0v) is 10.5. The number of amides is 1. The van der Waals surface area contributed by atoms with Crippen LogP contribution in [0.2, 0.25) is 0 Å². The molecule has 0 aliphatic rings. The molecule has 6 heteroatoms. The number of hydrogen-bond acceptors (Lipinski definition) is 2. The number of hydrogen-bond donors (Lipinski definition) is 2. The molecule has 0 fully saturated rings. The summed E-state index contributed by atoms with van der Waals surface area (Å²) < 4.78 is 40.4. The third kappa shape index (κ3) is 2.45. The van der Waals surface area contributed by atoms with Gasteiger partial charge in [-0.1, -0.05) is 12.1 Å². The van der Waals surface area contributed by atoms with E-state index >= 15 is 0 Å². The number of benzene rings is 2. The zero-order valence-electron chi connectivity index (χ0n) is 10.5. The van der Waals surface area contributed by atoms with Crippen molar-refractivity contribution in [3.05, 3.63) is 58.9 Å². The van der Waals surface area contributed by atoms with Gasteiger partial charge in [0.15, 0.2) is 11.6 Å². The lowest BCUT2D eigenvalue weighted by Gasteiger charge is -2.10. The Labute approximate surface area is 113 Å². The first kappa shape index (κ1) is 13.9. The van der Waals surface area contributed by atoms with Gasteiger partial charge in [0, 0.05) is 0 Å². The number of nitrogens with two attached hydrogens (primary N) is 1. The second-order valence-electron chi connectivity index (χ2n) is 4.22. The first-order valence-corrected chi connectivity index (χ1v) is 5.71. The van der Waals surface area contributed by atoms with Gasteiger partial charge in [-0.25, -0.2) is 13.2 Å². The summed E-state index contributed by atoms with van der Waals surface area (Å²) in [5.74, 6) is -4.06. The SMILES string of the molecule is Cc1cccc(C(=O)Nc2c(N)ccc(F)c2F)c1F. The molecule has 0 spiro atoms. The molecule has 2 rings (SSSR count). The lowest BCUT2D eigenvalue weighted by atomic mass is 10.1. The Hall–Kier alpha value is -2.50. The molecule has 3 N–H and O–H groups in total. The maximum atomic E-state index is 13.8. The average molecular weight is 280 g/mol. The molecule has 0 bridgehead atoms. The molecule has 20 heavy (non-hydrogen) atoms. The number of anilines is 2. The standard InChI is InChI=1S/C14H11F3N2O/c1-7-3-2-4-8(11(7)16)14(20)19-13-10(18)6-5-9(15)12(13)17/h2-6H,18H2,1H3,(H,19,20). The minimum Gasteiger partial charge on any atom is -0.397 e. The predicted molar refractivity (Wildman–Crippen MR) is 69.9 cm³/mol. The van der Waals surface area contributed by atoms with E-state index in [4.69, 9.17) is 5.73 Å². The molecular formula is C14H11F3N2O. The van der Waals surface area contributed by atoms with Crippen molar-refractivity contribution >= 4 is 17.3 Å². The first-order valence-electron chi connectivity index (χ1n) is 5.71. The van der Waals surface area contributed by atoms with Crippen molar-refractivity contribution in [3.63, 3.8) is 0 Å². The molecule has 0 saturated carbocycles. The van der Waals surface area contributed by atoms with E-state index in [1.54, 1.807) is 0 Å². The smallest absolute Gasteiger partial charge is 0.258 e. The van der Waals surface area contributed by atoms with E-state index < -0.39 is 29.0 Å². The van der Waals surface area contributed by atoms with Gasteiger partial charge in [0.1, 0.15) is 11.5 Å². The molecule has 0 radical (unpaired) electrons. The summed E-state index contributed by atoms with van der Waals surface area (Å²) in [5, 5.41) is 2.08. The number of rotatable bonds is 2. The highest BCUT2D eigenvalue weighted by atomic mass is 19.2. The second-order valence-corrected chi connectivity index (χ2v) is 4.22. The lowest BCUT2D eigenvalue weighted by molar-refractivity contribution is 0.102. The normalized spacial score (nSPS) is 10.4. The van der Waals surface area contributed by atoms with Crippen LogP contribution in [-0.2, 0) is 0 Å². The molecule has 1 amide bonds. The molecule has 0 unspecified atom stereocenters. The Morgan fingerprint density at radius 2 is 1.80 bits per heavy atom. The van der Waals surface area contributed by atoms with Crippen molar-refractivity contribution in [1.82, 2.24) is 0 Å². The van der Waals surface area contributed by atoms with Gasteiger partial charge < -0.3 is 11.1 Å². The van der Waals surface area contributed by atoms with Crippen LogP contribution in [0.15, 0.2) is 30.3 Å². The molecule has 0 aromatic heterocycles. The summed E-state index contributed by atoms with van der Waals surface area (Å²) in [6, 6.07) is 6.17. The van der Waals surface area contributed by atoms with Gasteiger partial charge in [-0.15, -0.1) is 0 Å². The Kier molecular flexibility index (Phi) is 3.65. The van der Waals surface area contributed by atoms with Gasteiger partial charge in [-0.05, 0) is 30.7 Å². The number of nitrogens with one attached hydrogen (secondary N) is 1. The Bertz CT molecular complexity index is 686. The van der Waals surface area contributed by atoms with E-state index in [-0.39, 0.29) is 16.8 Å². The Morgan fingerprint density at radius 3 is 2.50 bits per heavy atom. The molecule has 104 valence electrons. The van der Waals surface area contributed by atoms with Crippen molar-refractivity contribution < 1.29 is 18.0 Å². The fraction of sp³-hybridized carbons (Fsp3) is 0.0714. The summed E-state index contributed by atoms with van der Waals surface area (Å²) in [5.41, 5.74) is 4.82. The zero-order chi connectivity index (χ0) is 14.9. The van der Waals surface area contributed by atoms with E-state index in [0.717, 1.165) is 12.1 Å². The minimum atomic E-state index is -1.29. The summed E-state index contributed by atoms with van der Waals surface area (Å²) in [6.07, 6.45) is 0. The van der Waals surface area contributed by atoms with Crippen LogP contribution in [-0.4, -0.2) is 5.91 Å². The monoisotopic (exact) mass is 280 g/mol. The number of nitrogen functional groups attached to an aromatic ring is 1. The van der Waals surface area contributed by atoms with Gasteiger partial charge in [-0.3, -0.25) is 4.79 Å². The van der Waals surface area contributed by atoms with Crippen LogP contribution in [0.25, 0.3) is 0 Å². The highest BCUT2D eigenvalue weighted by Crippen LogP contribution is 2.25. The minimum absolute atomic E-state index is 0.148. The maximum absolute atomic E-state index is 13.8. The Balaban J connectivity index is 2.38. The molecule has 2 aromatic carbocycles. The van der Waals surface area contributed by atoms with Crippen LogP contribution < -0.4 is 11.1 Å². The fourth-order valence-electron chi connectivity index (χ4n) is 1.70. The number of aryl methyl sites for hydroxylation is 1. The maximum Gasteiger partial charge on any atom is 0.258 e. The second kappa shape index (κ2) is 5.24. The molecule has 0 aliphatic carbocycles. The van der Waals surface area contributed by atoms with Crippen molar-refractivity contribution in [2.24, 2.45) is 0 Å². The van der Waals surface area contributed by atoms with E-state index in [0.29, 0.717) is 0 Å². The third-order valence-electron chi connectivity index (χ3n) is 2.80. The fourth-order valence-corrected chi connectivity index (χ4v) is 1.70. The van der Waals surface area contributed by atoms with Crippen molar-refractivity contribution in [3.8, 4) is 0 Å². The largest absolute Gasteiger partial charge is 0.397 e. The highest BCUT2D eigenvalue weighted by molar-refractivity contribution is 6.06. The van der Waals surface area contributed by atoms with Crippen LogP contribution in [0, 0.1) is 24.4 Å². The molecule has 0 aliphatic heterocycles. The van der Waals surface area contributed by atoms with E-state index in [1.165, 1.54) is 25.1 Å². The highest BCUT2D eigenvalue weighted by Gasteiger charge is 2.18. The Morgan fingerprint density at radius 1 is 1.10 bits per heavy atom. The van der Waals surface area contributed by atoms with Gasteiger partial charge >= 0.3 is 0 Å². The predicted octanol–water partition coefficient (Wildman–Crippen LogP) is 3.25. The van der Waals surface area contributed by atoms with Crippen LogP contribution in [0.3, 0.4) is 0 Å². The van der Waals surface area contributed by atoms with Crippen LogP contribution in [0.1, 0.15) is 15.9 Å². The van der Waals surface area contributed by atoms with Crippen molar-refractivity contribution in [2.75, 3.05) is 11.1 Å². The van der Waals surface area contributed by atoms with Gasteiger partial charge in [-0.2, -0.15) is 0 Å². The average Bonchev–Trinajstić information content (AvgIpc) is 2.42. The van der Waals surface area contributed by atoms with Crippen LogP contribution in [0.4, 0.5) is 24.5 Å². The van der Waals surface area contributed by atoms with Gasteiger partial charge in [0.25, 0.3) is 5.91 Å². The van der Waals surface area contributed by atoms with Crippen LogP contribution >= 0.6 is 0 Å². The summed E-state index contributed by atoms with van der Waals surface area (Å²) in [7, 11) is 0. The summed E-state index contributed by atoms with van der Waals surface area (Å²) in [4.78, 5) is 11.9. The molecule has 0 saturated heterocycles. The number of halogens is 3.